The molecular weight excluding hydrogens is 275 g/mol. The molecule has 0 spiro atoms. The fourth-order valence-corrected chi connectivity index (χ4v) is 3.32. The fraction of sp³-hybridized carbons (Fsp3) is 0.500. The van der Waals surface area contributed by atoms with Crippen LogP contribution in [-0.2, 0) is 4.43 Å². The second kappa shape index (κ2) is 7.52. The van der Waals surface area contributed by atoms with E-state index in [9.17, 15) is 13.2 Å². The molecule has 0 heterocycles. The van der Waals surface area contributed by atoms with Gasteiger partial charge >= 0.3 is 15.0 Å². The first-order chi connectivity index (χ1) is 8.99. The van der Waals surface area contributed by atoms with Gasteiger partial charge in [0.05, 0.1) is 0 Å². The lowest BCUT2D eigenvalue weighted by atomic mass is 10.3. The lowest BCUT2D eigenvalue weighted by molar-refractivity contribution is -0.0836. The average Bonchev–Trinajstić information content (AvgIpc) is 2.38. The summed E-state index contributed by atoms with van der Waals surface area (Å²) < 4.78 is 50.2. The largest absolute Gasteiger partial charge is 0.468 e. The number of alkyl halides is 3. The van der Waals surface area contributed by atoms with Gasteiger partial charge in [0.15, 0.2) is 6.79 Å². The Bertz CT molecular complexity index is 358. The van der Waals surface area contributed by atoms with Gasteiger partial charge in [-0.2, -0.15) is 13.2 Å². The maximum atomic E-state index is 12.9. The normalized spacial score (nSPS) is 13.6. The van der Waals surface area contributed by atoms with Gasteiger partial charge in [-0.15, -0.1) is 0 Å². The van der Waals surface area contributed by atoms with Crippen molar-refractivity contribution in [3.8, 4) is 5.75 Å². The first kappa shape index (κ1) is 16.0. The predicted molar refractivity (Wildman–Crippen MR) is 69.1 cm³/mol. The fourth-order valence-electron chi connectivity index (χ4n) is 1.65. The van der Waals surface area contributed by atoms with Gasteiger partial charge in [0.25, 0.3) is 0 Å². The quantitative estimate of drug-likeness (QED) is 0.570. The monoisotopic (exact) mass is 293 g/mol. The van der Waals surface area contributed by atoms with Crippen LogP contribution < -0.4 is 4.74 Å². The summed E-state index contributed by atoms with van der Waals surface area (Å²) in [6.45, 7) is 3.64. The highest BCUT2D eigenvalue weighted by atomic mass is 28.3. The Hall–Kier alpha value is -1.05. The van der Waals surface area contributed by atoms with Gasteiger partial charge in [-0.3, -0.25) is 4.57 Å². The highest BCUT2D eigenvalue weighted by Crippen LogP contribution is 2.22. The molecule has 0 saturated heterocycles. The van der Waals surface area contributed by atoms with Gasteiger partial charge in [0, 0.05) is 0 Å². The predicted octanol–water partition coefficient (Wildman–Crippen LogP) is 2.70. The third-order valence-corrected chi connectivity index (χ3v) is 5.02. The van der Waals surface area contributed by atoms with E-state index in [0.717, 1.165) is 0 Å². The van der Waals surface area contributed by atoms with Crippen LogP contribution in [0.15, 0.2) is 30.3 Å². The molecule has 0 saturated carbocycles. The summed E-state index contributed by atoms with van der Waals surface area (Å²) in [6, 6.07) is 8.64. The molecule has 1 unspecified atom stereocenters. The zero-order valence-corrected chi connectivity index (χ0v) is 12.1. The summed E-state index contributed by atoms with van der Waals surface area (Å²) in [5, 5.41) is 0. The Kier molecular flexibility index (Phi) is 6.33. The van der Waals surface area contributed by atoms with E-state index in [0.29, 0.717) is 18.8 Å². The number of hydrogen-bond donors (Lipinski definition) is 0. The van der Waals surface area contributed by atoms with Crippen LogP contribution in [0.25, 0.3) is 0 Å². The number of para-hydroxylation sites is 1. The van der Waals surface area contributed by atoms with Crippen LogP contribution in [-0.4, -0.2) is 39.4 Å². The molecule has 0 aliphatic carbocycles. The molecule has 0 radical (unpaired) electrons. The van der Waals surface area contributed by atoms with Crippen LogP contribution in [0.5, 0.6) is 5.75 Å². The average molecular weight is 293 g/mol. The molecule has 1 rings (SSSR count). The Morgan fingerprint density at radius 2 is 1.68 bits per heavy atom. The second-order valence-electron chi connectivity index (χ2n) is 3.86. The summed E-state index contributed by atoms with van der Waals surface area (Å²) in [7, 11) is -3.47. The topological polar surface area (TPSA) is 21.7 Å². The molecule has 0 amide bonds. The lowest BCUT2D eigenvalue weighted by Gasteiger charge is -2.29. The van der Waals surface area contributed by atoms with Crippen molar-refractivity contribution >= 4 is 9.20 Å². The summed E-state index contributed by atoms with van der Waals surface area (Å²) >= 11 is 0. The molecule has 0 fully saturated rings. The van der Waals surface area contributed by atoms with Crippen LogP contribution in [0.4, 0.5) is 13.2 Å². The van der Waals surface area contributed by atoms with Crippen molar-refractivity contribution in [1.82, 2.24) is 4.57 Å². The summed E-state index contributed by atoms with van der Waals surface area (Å²) in [4.78, 5) is 0. The van der Waals surface area contributed by atoms with E-state index in [1.54, 1.807) is 44.2 Å². The van der Waals surface area contributed by atoms with E-state index in [4.69, 9.17) is 9.16 Å². The van der Waals surface area contributed by atoms with E-state index < -0.39 is 15.0 Å². The summed E-state index contributed by atoms with van der Waals surface area (Å²) in [6.07, 6.45) is 0. The molecule has 0 aromatic heterocycles. The van der Waals surface area contributed by atoms with Crippen molar-refractivity contribution in [2.45, 2.75) is 19.6 Å². The van der Waals surface area contributed by atoms with Crippen molar-refractivity contribution in [1.29, 1.82) is 0 Å². The van der Waals surface area contributed by atoms with Crippen LogP contribution in [0.1, 0.15) is 13.8 Å². The van der Waals surface area contributed by atoms with Crippen molar-refractivity contribution in [3.05, 3.63) is 30.3 Å². The summed E-state index contributed by atoms with van der Waals surface area (Å²) in [5.74, 6) is -3.80. The molecule has 7 heteroatoms. The van der Waals surface area contributed by atoms with Crippen LogP contribution in [0.2, 0.25) is 0 Å². The Balaban J connectivity index is 2.54. The van der Waals surface area contributed by atoms with E-state index in [-0.39, 0.29) is 6.79 Å². The maximum absolute atomic E-state index is 12.9. The Labute approximate surface area is 112 Å². The summed E-state index contributed by atoms with van der Waals surface area (Å²) in [5.41, 5.74) is 0. The van der Waals surface area contributed by atoms with Gasteiger partial charge in [-0.25, -0.2) is 0 Å². The Morgan fingerprint density at radius 3 is 2.16 bits per heavy atom. The minimum Gasteiger partial charge on any atom is -0.468 e. The molecule has 0 bridgehead atoms. The molecule has 1 aromatic carbocycles. The van der Waals surface area contributed by atoms with Gasteiger partial charge in [0.1, 0.15) is 5.75 Å². The van der Waals surface area contributed by atoms with Crippen molar-refractivity contribution < 1.29 is 22.3 Å². The number of nitrogens with zero attached hydrogens (tertiary/aromatic N) is 1. The number of hydrogen-bond acceptors (Lipinski definition) is 3. The van der Waals surface area contributed by atoms with Crippen LogP contribution in [0.3, 0.4) is 0 Å². The van der Waals surface area contributed by atoms with Gasteiger partial charge in [-0.05, 0) is 25.2 Å². The smallest absolute Gasteiger partial charge is 0.402 e. The third-order valence-electron chi connectivity index (χ3n) is 2.62. The molecule has 0 N–H and O–H groups in total. The van der Waals surface area contributed by atoms with Gasteiger partial charge < -0.3 is 9.16 Å². The number of halogens is 3. The molecule has 3 nitrogen and oxygen atoms in total. The highest BCUT2D eigenvalue weighted by Gasteiger charge is 2.47. The Morgan fingerprint density at radius 1 is 1.11 bits per heavy atom. The number of rotatable bonds is 7. The second-order valence-corrected chi connectivity index (χ2v) is 6.28. The molecule has 0 aliphatic heterocycles. The molecule has 108 valence electrons. The molecule has 0 aliphatic rings. The minimum absolute atomic E-state index is 0.318. The highest BCUT2D eigenvalue weighted by molar-refractivity contribution is 6.51. The zero-order valence-electron chi connectivity index (χ0n) is 11.0. The van der Waals surface area contributed by atoms with Crippen molar-refractivity contribution in [2.24, 2.45) is 0 Å². The molecule has 1 atom stereocenters. The van der Waals surface area contributed by atoms with E-state index >= 15 is 0 Å². The SMILES string of the molecule is CCN(CC)[SiH](OCOc1ccccc1)C(F)(F)F. The number of benzene rings is 1. The van der Waals surface area contributed by atoms with Gasteiger partial charge in [-0.1, -0.05) is 32.0 Å². The van der Waals surface area contributed by atoms with Crippen molar-refractivity contribution in [3.63, 3.8) is 0 Å². The van der Waals surface area contributed by atoms with Gasteiger partial charge in [0.2, 0.25) is 0 Å². The maximum Gasteiger partial charge on any atom is 0.402 e. The number of ether oxygens (including phenoxy) is 1. The molecule has 19 heavy (non-hydrogen) atoms. The lowest BCUT2D eigenvalue weighted by Crippen LogP contribution is -2.52. The first-order valence-electron chi connectivity index (χ1n) is 6.09. The minimum atomic E-state index is -4.30. The zero-order chi connectivity index (χ0) is 14.3. The third kappa shape index (κ3) is 5.21. The van der Waals surface area contributed by atoms with E-state index in [1.165, 1.54) is 4.57 Å². The van der Waals surface area contributed by atoms with Crippen LogP contribution in [0, 0.1) is 0 Å². The molecular formula is C12H18F3NO2Si. The van der Waals surface area contributed by atoms with Crippen molar-refractivity contribution in [2.75, 3.05) is 19.9 Å². The molecule has 1 aromatic rings. The van der Waals surface area contributed by atoms with Crippen LogP contribution >= 0.6 is 0 Å². The first-order valence-corrected chi connectivity index (χ1v) is 7.65. The van der Waals surface area contributed by atoms with E-state index in [2.05, 4.69) is 0 Å². The standard InChI is InChI=1S/C12H18F3NO2Si/c1-3-16(4-2)19(12(13,14)15)18-10-17-11-8-6-5-7-9-11/h5-9,19H,3-4,10H2,1-2H3. The van der Waals surface area contributed by atoms with E-state index in [1.807, 2.05) is 0 Å².